The smallest absolute Gasteiger partial charge is 0.207 e. The van der Waals surface area contributed by atoms with Crippen LogP contribution in [0.3, 0.4) is 0 Å². The molecule has 0 aliphatic heterocycles. The molecular weight excluding hydrogens is 478 g/mol. The summed E-state index contributed by atoms with van der Waals surface area (Å²) in [6, 6.07) is 16.0. The fourth-order valence-electron chi connectivity index (χ4n) is 2.54. The predicted octanol–water partition coefficient (Wildman–Crippen LogP) is 5.80. The second kappa shape index (κ2) is 9.48. The fourth-order valence-corrected chi connectivity index (χ4v) is 3.57. The summed E-state index contributed by atoms with van der Waals surface area (Å²) in [6.07, 6.45) is 0. The topological polar surface area (TPSA) is 54.4 Å². The van der Waals surface area contributed by atoms with Gasteiger partial charge in [-0.05, 0) is 37.7 Å². The van der Waals surface area contributed by atoms with Crippen LogP contribution in [0, 0.1) is 0 Å². The zero-order valence-corrected chi connectivity index (χ0v) is 18.5. The summed E-state index contributed by atoms with van der Waals surface area (Å²) in [6.45, 7) is 3.98. The molecule has 0 spiro atoms. The van der Waals surface area contributed by atoms with E-state index in [0.29, 0.717) is 5.17 Å². The zero-order chi connectivity index (χ0) is 17.8. The van der Waals surface area contributed by atoms with Crippen molar-refractivity contribution in [3.63, 3.8) is 0 Å². The Morgan fingerprint density at radius 1 is 1.12 bits per heavy atom. The van der Waals surface area contributed by atoms with Crippen LogP contribution in [-0.2, 0) is 4.79 Å². The number of nitrogens with one attached hydrogen (secondary N) is 1. The number of aliphatic imine (C=N–C) groups is 1. The summed E-state index contributed by atoms with van der Waals surface area (Å²) in [7, 11) is 0. The summed E-state index contributed by atoms with van der Waals surface area (Å²) >= 11 is 4.33. The molecule has 7 heteroatoms. The lowest BCUT2D eigenvalue weighted by molar-refractivity contribution is -0.108. The molecule has 26 heavy (non-hydrogen) atoms. The maximum absolute atomic E-state index is 11.9. The molecule has 0 aliphatic carbocycles. The van der Waals surface area contributed by atoms with Crippen molar-refractivity contribution in [2.75, 3.05) is 10.6 Å². The Morgan fingerprint density at radius 2 is 1.65 bits per heavy atom. The number of alkyl halides is 1. The summed E-state index contributed by atoms with van der Waals surface area (Å²) in [5.41, 5.74) is 2.74. The van der Waals surface area contributed by atoms with Gasteiger partial charge in [0.05, 0.1) is 22.1 Å². The van der Waals surface area contributed by atoms with Gasteiger partial charge in [-0.25, -0.2) is 4.98 Å². The van der Waals surface area contributed by atoms with Crippen LogP contribution in [0.5, 0.6) is 0 Å². The van der Waals surface area contributed by atoms with Crippen molar-refractivity contribution >= 4 is 82.4 Å². The van der Waals surface area contributed by atoms with E-state index in [0.717, 1.165) is 39.3 Å². The standard InChI is InChI=1S/C19H18BrN3OS.BrH/c1-12(2)21-19(25-17(24)11-20)23-18-13-7-3-5-9-15(13)22-16-10-6-4-8-14(16)18;/h3-10,12H,11H2,1-2H3,(H,21,22,23);1H. The first-order valence-corrected chi connectivity index (χ1v) is 9.91. The Morgan fingerprint density at radius 3 is 2.15 bits per heavy atom. The van der Waals surface area contributed by atoms with Gasteiger partial charge < -0.3 is 5.32 Å². The Labute approximate surface area is 175 Å². The van der Waals surface area contributed by atoms with Crippen LogP contribution in [-0.4, -0.2) is 26.6 Å². The molecule has 1 aromatic heterocycles. The number of aromatic nitrogens is 1. The molecule has 0 amide bonds. The van der Waals surface area contributed by atoms with Crippen LogP contribution in [0.4, 0.5) is 5.69 Å². The highest BCUT2D eigenvalue weighted by Crippen LogP contribution is 2.31. The first-order chi connectivity index (χ1) is 12.1. The van der Waals surface area contributed by atoms with E-state index in [-0.39, 0.29) is 33.5 Å². The number of benzene rings is 2. The molecule has 1 heterocycles. The van der Waals surface area contributed by atoms with Crippen LogP contribution >= 0.6 is 44.7 Å². The van der Waals surface area contributed by atoms with Gasteiger partial charge >= 0.3 is 0 Å². The van der Waals surface area contributed by atoms with Gasteiger partial charge in [0, 0.05) is 16.8 Å². The van der Waals surface area contributed by atoms with E-state index in [9.17, 15) is 4.79 Å². The third-order valence-corrected chi connectivity index (χ3v) is 5.17. The normalized spacial score (nSPS) is 11.6. The highest BCUT2D eigenvalue weighted by molar-refractivity contribution is 9.09. The number of hydrogen-bond acceptors (Lipinski definition) is 4. The fraction of sp³-hybridized carbons (Fsp3) is 0.211. The van der Waals surface area contributed by atoms with Crippen molar-refractivity contribution in [2.45, 2.75) is 19.9 Å². The van der Waals surface area contributed by atoms with Gasteiger partial charge in [0.15, 0.2) is 5.17 Å². The maximum Gasteiger partial charge on any atom is 0.207 e. The largest absolute Gasteiger partial charge is 0.333 e. The van der Waals surface area contributed by atoms with E-state index in [1.807, 2.05) is 62.4 Å². The molecule has 0 unspecified atom stereocenters. The number of halogens is 2. The third-order valence-electron chi connectivity index (χ3n) is 3.51. The lowest BCUT2D eigenvalue weighted by atomic mass is 10.1. The molecule has 0 aliphatic rings. The monoisotopic (exact) mass is 495 g/mol. The van der Waals surface area contributed by atoms with Gasteiger partial charge in [-0.3, -0.25) is 9.79 Å². The number of thioether (sulfide) groups is 1. The molecule has 0 saturated heterocycles. The van der Waals surface area contributed by atoms with Gasteiger partial charge in [-0.2, -0.15) is 0 Å². The van der Waals surface area contributed by atoms with Crippen LogP contribution in [0.2, 0.25) is 0 Å². The second-order valence-electron chi connectivity index (χ2n) is 5.78. The molecular formula is C19H19Br2N3OS. The molecule has 0 radical (unpaired) electrons. The molecule has 1 N–H and O–H groups in total. The van der Waals surface area contributed by atoms with E-state index in [4.69, 9.17) is 4.98 Å². The number of hydrogen-bond donors (Lipinski definition) is 1. The predicted molar refractivity (Wildman–Crippen MR) is 122 cm³/mol. The first-order valence-electron chi connectivity index (χ1n) is 7.97. The molecule has 136 valence electrons. The summed E-state index contributed by atoms with van der Waals surface area (Å²) in [5.74, 6) is 0. The number of rotatable bonds is 3. The Balaban J connectivity index is 0.00000243. The first kappa shape index (κ1) is 20.9. The minimum atomic E-state index is 0. The summed E-state index contributed by atoms with van der Waals surface area (Å²) in [4.78, 5) is 21.2. The number of pyridine rings is 1. The minimum Gasteiger partial charge on any atom is -0.333 e. The SMILES string of the molecule is Br.CC(C)N=C(Nc1c2ccccc2nc2ccccc12)SC(=O)CBr. The number of fused-ring (bicyclic) bond motifs is 2. The van der Waals surface area contributed by atoms with Crippen LogP contribution in [0.1, 0.15) is 13.8 Å². The average Bonchev–Trinajstić information content (AvgIpc) is 2.60. The van der Waals surface area contributed by atoms with Crippen molar-refractivity contribution < 1.29 is 4.79 Å². The quantitative estimate of drug-likeness (QED) is 0.215. The van der Waals surface area contributed by atoms with Crippen LogP contribution < -0.4 is 5.32 Å². The molecule has 0 atom stereocenters. The van der Waals surface area contributed by atoms with E-state index >= 15 is 0 Å². The zero-order valence-electron chi connectivity index (χ0n) is 14.4. The summed E-state index contributed by atoms with van der Waals surface area (Å²) < 4.78 is 0. The van der Waals surface area contributed by atoms with Crippen LogP contribution in [0.15, 0.2) is 53.5 Å². The number of anilines is 1. The molecule has 0 fully saturated rings. The Bertz CT molecular complexity index is 906. The second-order valence-corrected chi connectivity index (χ2v) is 7.39. The number of amidine groups is 1. The van der Waals surface area contributed by atoms with Crippen molar-refractivity contribution in [3.05, 3.63) is 48.5 Å². The number of carbonyl (C=O) groups excluding carboxylic acids is 1. The van der Waals surface area contributed by atoms with Gasteiger partial charge in [-0.1, -0.05) is 52.3 Å². The highest BCUT2D eigenvalue weighted by Gasteiger charge is 2.14. The molecule has 4 nitrogen and oxygen atoms in total. The van der Waals surface area contributed by atoms with E-state index < -0.39 is 0 Å². The van der Waals surface area contributed by atoms with Crippen LogP contribution in [0.25, 0.3) is 21.8 Å². The Kier molecular flexibility index (Phi) is 7.61. The third kappa shape index (κ3) is 4.84. The van der Waals surface area contributed by atoms with E-state index in [1.54, 1.807) is 0 Å². The van der Waals surface area contributed by atoms with Crippen molar-refractivity contribution in [2.24, 2.45) is 4.99 Å². The van der Waals surface area contributed by atoms with E-state index in [2.05, 4.69) is 26.2 Å². The number of nitrogens with zero attached hydrogens (tertiary/aromatic N) is 2. The molecule has 2 aromatic carbocycles. The maximum atomic E-state index is 11.9. The molecule has 3 rings (SSSR count). The van der Waals surface area contributed by atoms with Crippen molar-refractivity contribution in [1.29, 1.82) is 0 Å². The lowest BCUT2D eigenvalue weighted by Gasteiger charge is -2.15. The van der Waals surface area contributed by atoms with Gasteiger partial charge in [0.25, 0.3) is 0 Å². The van der Waals surface area contributed by atoms with Gasteiger partial charge in [-0.15, -0.1) is 17.0 Å². The van der Waals surface area contributed by atoms with Gasteiger partial charge in [0.2, 0.25) is 5.12 Å². The highest BCUT2D eigenvalue weighted by atomic mass is 79.9. The van der Waals surface area contributed by atoms with Crippen molar-refractivity contribution in [1.82, 2.24) is 4.98 Å². The summed E-state index contributed by atoms with van der Waals surface area (Å²) in [5, 5.41) is 6.29. The number of para-hydroxylation sites is 2. The molecule has 0 bridgehead atoms. The lowest BCUT2D eigenvalue weighted by Crippen LogP contribution is -2.14. The minimum absolute atomic E-state index is 0. The Hall–Kier alpha value is -1.44. The average molecular weight is 497 g/mol. The van der Waals surface area contributed by atoms with Crippen molar-refractivity contribution in [3.8, 4) is 0 Å². The molecule has 3 aromatic rings. The van der Waals surface area contributed by atoms with Gasteiger partial charge in [0.1, 0.15) is 0 Å². The number of carbonyl (C=O) groups is 1. The van der Waals surface area contributed by atoms with E-state index in [1.165, 1.54) is 0 Å². The molecule has 0 saturated carbocycles.